The third kappa shape index (κ3) is 7.51. The molecule has 0 aliphatic heterocycles. The number of hydrogen-bond acceptors (Lipinski definition) is 5. The molecule has 8 nitrogen and oxygen atoms in total. The van der Waals surface area contributed by atoms with Crippen molar-refractivity contribution in [3.63, 3.8) is 0 Å². The third-order valence-electron chi connectivity index (χ3n) is 3.44. The number of rotatable bonds is 7. The van der Waals surface area contributed by atoms with E-state index in [1.807, 2.05) is 0 Å². The van der Waals surface area contributed by atoms with E-state index < -0.39 is 23.5 Å². The summed E-state index contributed by atoms with van der Waals surface area (Å²) in [4.78, 5) is 35.0. The summed E-state index contributed by atoms with van der Waals surface area (Å²) in [5.74, 6) is -2.32. The number of benzene rings is 2. The van der Waals surface area contributed by atoms with Crippen LogP contribution in [-0.4, -0.2) is 36.6 Å². The van der Waals surface area contributed by atoms with Gasteiger partial charge in [0.1, 0.15) is 11.6 Å². The van der Waals surface area contributed by atoms with Crippen molar-refractivity contribution in [3.8, 4) is 5.75 Å². The van der Waals surface area contributed by atoms with Crippen LogP contribution in [0.4, 0.5) is 10.1 Å². The smallest absolute Gasteiger partial charge is 0.329 e. The zero-order valence-electron chi connectivity index (χ0n) is 16.2. The van der Waals surface area contributed by atoms with E-state index in [2.05, 4.69) is 21.2 Å². The van der Waals surface area contributed by atoms with Crippen LogP contribution in [0.15, 0.2) is 47.6 Å². The first kappa shape index (κ1) is 22.8. The molecule has 30 heavy (non-hydrogen) atoms. The van der Waals surface area contributed by atoms with Crippen LogP contribution in [0.25, 0.3) is 0 Å². The Hall–Kier alpha value is -3.46. The highest BCUT2D eigenvalue weighted by atomic mass is 35.5. The molecule has 0 radical (unpaired) electrons. The van der Waals surface area contributed by atoms with Crippen molar-refractivity contribution >= 4 is 41.2 Å². The van der Waals surface area contributed by atoms with Crippen molar-refractivity contribution in [2.75, 3.05) is 11.9 Å². The second-order valence-corrected chi connectivity index (χ2v) is 6.77. The van der Waals surface area contributed by atoms with E-state index in [1.165, 1.54) is 18.3 Å². The molecule has 0 bridgehead atoms. The summed E-state index contributed by atoms with van der Waals surface area (Å²) in [5.41, 5.74) is 3.03. The molecule has 0 heterocycles. The molecule has 0 spiro atoms. The molecule has 0 aliphatic rings. The molecule has 0 atom stereocenters. The van der Waals surface area contributed by atoms with E-state index in [9.17, 15) is 18.8 Å². The van der Waals surface area contributed by atoms with Gasteiger partial charge in [-0.1, -0.05) is 23.7 Å². The number of carbonyl (C=O) groups excluding carboxylic acids is 3. The maximum absolute atomic E-state index is 13.1. The number of carbonyl (C=O) groups is 3. The Morgan fingerprint density at radius 2 is 1.93 bits per heavy atom. The zero-order valence-corrected chi connectivity index (χ0v) is 17.0. The summed E-state index contributed by atoms with van der Waals surface area (Å²) in [5, 5.41) is 8.59. The fourth-order valence-electron chi connectivity index (χ4n) is 2.15. The molecule has 3 amide bonds. The topological polar surface area (TPSA) is 109 Å². The SMILES string of the molecule is CC(C)NC(=O)C(=O)N/N=C\c1cccc(OCC(=O)Nc2ccc(F)c(Cl)c2)c1. The van der Waals surface area contributed by atoms with Crippen LogP contribution in [0.1, 0.15) is 19.4 Å². The molecule has 0 unspecified atom stereocenters. The van der Waals surface area contributed by atoms with Crippen LogP contribution in [0.3, 0.4) is 0 Å². The summed E-state index contributed by atoms with van der Waals surface area (Å²) >= 11 is 5.67. The Morgan fingerprint density at radius 1 is 1.17 bits per heavy atom. The molecule has 158 valence electrons. The predicted molar refractivity (Wildman–Crippen MR) is 111 cm³/mol. The average Bonchev–Trinajstić information content (AvgIpc) is 2.69. The molecule has 0 saturated heterocycles. The minimum atomic E-state index is -0.884. The van der Waals surface area contributed by atoms with Gasteiger partial charge >= 0.3 is 11.8 Å². The fourth-order valence-corrected chi connectivity index (χ4v) is 2.33. The normalized spacial score (nSPS) is 10.7. The predicted octanol–water partition coefficient (Wildman–Crippen LogP) is 2.47. The van der Waals surface area contributed by atoms with Gasteiger partial charge in [-0.25, -0.2) is 9.82 Å². The second-order valence-electron chi connectivity index (χ2n) is 6.37. The molecule has 0 fully saturated rings. The minimum absolute atomic E-state index is 0.102. The van der Waals surface area contributed by atoms with Gasteiger partial charge in [0.25, 0.3) is 5.91 Å². The molecule has 0 aliphatic carbocycles. The lowest BCUT2D eigenvalue weighted by atomic mass is 10.2. The lowest BCUT2D eigenvalue weighted by Crippen LogP contribution is -2.41. The zero-order chi connectivity index (χ0) is 22.1. The maximum Gasteiger partial charge on any atom is 0.329 e. The van der Waals surface area contributed by atoms with E-state index in [-0.39, 0.29) is 17.7 Å². The lowest BCUT2D eigenvalue weighted by molar-refractivity contribution is -0.139. The number of anilines is 1. The second kappa shape index (κ2) is 10.9. The Labute approximate surface area is 177 Å². The number of nitrogens with zero attached hydrogens (tertiary/aromatic N) is 1. The molecular formula is C20H20ClFN4O4. The average molecular weight is 435 g/mol. The van der Waals surface area contributed by atoms with Crippen LogP contribution in [0, 0.1) is 5.82 Å². The van der Waals surface area contributed by atoms with Crippen molar-refractivity contribution in [3.05, 3.63) is 58.9 Å². The van der Waals surface area contributed by atoms with Gasteiger partial charge < -0.3 is 15.4 Å². The summed E-state index contributed by atoms with van der Waals surface area (Å²) in [6.45, 7) is 3.17. The van der Waals surface area contributed by atoms with Gasteiger partial charge in [0, 0.05) is 11.7 Å². The van der Waals surface area contributed by atoms with Gasteiger partial charge in [-0.3, -0.25) is 14.4 Å². The van der Waals surface area contributed by atoms with E-state index in [0.717, 1.165) is 6.07 Å². The highest BCUT2D eigenvalue weighted by Crippen LogP contribution is 2.19. The Bertz CT molecular complexity index is 966. The van der Waals surface area contributed by atoms with E-state index in [0.29, 0.717) is 17.0 Å². The maximum atomic E-state index is 13.1. The van der Waals surface area contributed by atoms with E-state index in [1.54, 1.807) is 38.1 Å². The van der Waals surface area contributed by atoms with Gasteiger partial charge in [0.15, 0.2) is 6.61 Å². The summed E-state index contributed by atoms with van der Waals surface area (Å²) in [6.07, 6.45) is 1.33. The standard InChI is InChI=1S/C20H20ClFN4O4/c1-12(2)24-19(28)20(29)26-23-10-13-4-3-5-15(8-13)30-11-18(27)25-14-6-7-17(22)16(21)9-14/h3-10,12H,11H2,1-2H3,(H,24,28)(H,25,27)(H,26,29)/b23-10-. The van der Waals surface area contributed by atoms with Crippen LogP contribution in [-0.2, 0) is 14.4 Å². The number of nitrogens with one attached hydrogen (secondary N) is 3. The molecule has 0 saturated carbocycles. The van der Waals surface area contributed by atoms with Crippen LogP contribution >= 0.6 is 11.6 Å². The van der Waals surface area contributed by atoms with E-state index >= 15 is 0 Å². The molecule has 10 heteroatoms. The largest absolute Gasteiger partial charge is 0.484 e. The third-order valence-corrected chi connectivity index (χ3v) is 3.73. The highest BCUT2D eigenvalue weighted by Gasteiger charge is 2.13. The number of hydrazone groups is 1. The van der Waals surface area contributed by atoms with Crippen LogP contribution in [0.5, 0.6) is 5.75 Å². The molecule has 0 aromatic heterocycles. The first-order chi connectivity index (χ1) is 14.2. The van der Waals surface area contributed by atoms with Crippen molar-refractivity contribution in [1.29, 1.82) is 0 Å². The summed E-state index contributed by atoms with van der Waals surface area (Å²) in [6, 6.07) is 10.2. The van der Waals surface area contributed by atoms with Gasteiger partial charge in [-0.05, 0) is 49.7 Å². The van der Waals surface area contributed by atoms with Gasteiger partial charge in [0.05, 0.1) is 11.2 Å². The summed E-state index contributed by atoms with van der Waals surface area (Å²) in [7, 11) is 0. The number of hydrogen-bond donors (Lipinski definition) is 3. The monoisotopic (exact) mass is 434 g/mol. The Kier molecular flexibility index (Phi) is 8.30. The number of ether oxygens (including phenoxy) is 1. The van der Waals surface area contributed by atoms with Gasteiger partial charge in [0.2, 0.25) is 0 Å². The molecular weight excluding hydrogens is 415 g/mol. The minimum Gasteiger partial charge on any atom is -0.484 e. The van der Waals surface area contributed by atoms with Gasteiger partial charge in [-0.15, -0.1) is 0 Å². The summed E-state index contributed by atoms with van der Waals surface area (Å²) < 4.78 is 18.6. The number of halogens is 2. The Morgan fingerprint density at radius 3 is 2.63 bits per heavy atom. The Balaban J connectivity index is 1.86. The van der Waals surface area contributed by atoms with Crippen molar-refractivity contribution in [1.82, 2.24) is 10.7 Å². The molecule has 2 aromatic rings. The highest BCUT2D eigenvalue weighted by molar-refractivity contribution is 6.35. The van der Waals surface area contributed by atoms with Crippen molar-refractivity contribution in [2.24, 2.45) is 5.10 Å². The quantitative estimate of drug-likeness (QED) is 0.353. The van der Waals surface area contributed by atoms with E-state index in [4.69, 9.17) is 16.3 Å². The first-order valence-electron chi connectivity index (χ1n) is 8.86. The molecule has 2 rings (SSSR count). The number of amides is 3. The van der Waals surface area contributed by atoms with Gasteiger partial charge in [-0.2, -0.15) is 5.10 Å². The first-order valence-corrected chi connectivity index (χ1v) is 9.24. The molecule has 3 N–H and O–H groups in total. The van der Waals surface area contributed by atoms with Crippen molar-refractivity contribution in [2.45, 2.75) is 19.9 Å². The fraction of sp³-hybridized carbons (Fsp3) is 0.200. The van der Waals surface area contributed by atoms with Crippen LogP contribution < -0.4 is 20.8 Å². The molecule has 2 aromatic carbocycles. The lowest BCUT2D eigenvalue weighted by Gasteiger charge is -2.08. The van der Waals surface area contributed by atoms with Crippen LogP contribution in [0.2, 0.25) is 5.02 Å². The van der Waals surface area contributed by atoms with Crippen molar-refractivity contribution < 1.29 is 23.5 Å².